The molecule has 4 aromatic rings. The molecule has 0 saturated carbocycles. The van der Waals surface area contributed by atoms with E-state index < -0.39 is 0 Å². The third kappa shape index (κ3) is 3.02. The van der Waals surface area contributed by atoms with Crippen LogP contribution in [0.25, 0.3) is 16.9 Å². The molecule has 0 aliphatic carbocycles. The number of aromatic nitrogens is 4. The molecule has 26 heavy (non-hydrogen) atoms. The zero-order valence-corrected chi connectivity index (χ0v) is 15.2. The summed E-state index contributed by atoms with van der Waals surface area (Å²) in [4.78, 5) is 12.7. The molecule has 5 nitrogen and oxygen atoms in total. The molecule has 130 valence electrons. The van der Waals surface area contributed by atoms with E-state index in [4.69, 9.17) is 11.6 Å². The van der Waals surface area contributed by atoms with E-state index in [0.29, 0.717) is 17.2 Å². The number of nitrogens with zero attached hydrogens (tertiary/aromatic N) is 4. The van der Waals surface area contributed by atoms with E-state index in [-0.39, 0.29) is 5.69 Å². The molecule has 0 bridgehead atoms. The van der Waals surface area contributed by atoms with Crippen LogP contribution in [-0.4, -0.2) is 19.4 Å². The van der Waals surface area contributed by atoms with E-state index in [1.54, 1.807) is 6.07 Å². The van der Waals surface area contributed by atoms with Crippen molar-refractivity contribution in [1.82, 2.24) is 19.4 Å². The van der Waals surface area contributed by atoms with Gasteiger partial charge in [0.2, 0.25) is 0 Å². The second kappa shape index (κ2) is 6.42. The molecule has 0 spiro atoms. The second-order valence-corrected chi connectivity index (χ2v) is 6.79. The van der Waals surface area contributed by atoms with Gasteiger partial charge in [0.05, 0.1) is 12.2 Å². The first-order valence-corrected chi connectivity index (χ1v) is 8.68. The molecule has 0 fully saturated rings. The van der Waals surface area contributed by atoms with Gasteiger partial charge >= 0.3 is 5.69 Å². The number of rotatable bonds is 3. The van der Waals surface area contributed by atoms with E-state index in [9.17, 15) is 4.79 Å². The van der Waals surface area contributed by atoms with Crippen LogP contribution in [-0.2, 0) is 6.54 Å². The van der Waals surface area contributed by atoms with E-state index in [2.05, 4.69) is 36.2 Å². The Morgan fingerprint density at radius 3 is 2.58 bits per heavy atom. The minimum absolute atomic E-state index is 0.273. The minimum Gasteiger partial charge on any atom is -0.244 e. The average molecular weight is 365 g/mol. The standard InChI is InChI=1S/C20H17ClN4O/c1-13-6-7-16(10-14(13)2)18-8-9-19-23-24(20(26)25(19)22-18)12-15-4-3-5-17(21)11-15/h3-11H,12H2,1-2H3. The molecule has 0 radical (unpaired) electrons. The Balaban J connectivity index is 1.76. The summed E-state index contributed by atoms with van der Waals surface area (Å²) in [6.45, 7) is 4.48. The molecular weight excluding hydrogens is 348 g/mol. The highest BCUT2D eigenvalue weighted by Crippen LogP contribution is 2.20. The van der Waals surface area contributed by atoms with Crippen molar-refractivity contribution in [2.45, 2.75) is 20.4 Å². The summed E-state index contributed by atoms with van der Waals surface area (Å²) in [5.74, 6) is 0. The molecule has 0 unspecified atom stereocenters. The Morgan fingerprint density at radius 2 is 1.81 bits per heavy atom. The molecule has 2 heterocycles. The van der Waals surface area contributed by atoms with Gasteiger partial charge in [-0.05, 0) is 60.9 Å². The Labute approximate surface area is 155 Å². The van der Waals surface area contributed by atoms with Gasteiger partial charge < -0.3 is 0 Å². The monoisotopic (exact) mass is 364 g/mol. The average Bonchev–Trinajstić information content (AvgIpc) is 2.93. The smallest absolute Gasteiger partial charge is 0.244 e. The molecule has 0 aliphatic heterocycles. The minimum atomic E-state index is -0.273. The molecule has 2 aromatic heterocycles. The summed E-state index contributed by atoms with van der Waals surface area (Å²) in [6.07, 6.45) is 0. The number of halogens is 1. The van der Waals surface area contributed by atoms with E-state index in [1.807, 2.05) is 36.4 Å². The van der Waals surface area contributed by atoms with Gasteiger partial charge in [-0.3, -0.25) is 0 Å². The highest BCUT2D eigenvalue weighted by Gasteiger charge is 2.11. The van der Waals surface area contributed by atoms with Crippen LogP contribution in [0.15, 0.2) is 59.4 Å². The maximum absolute atomic E-state index is 12.7. The molecule has 0 N–H and O–H groups in total. The highest BCUT2D eigenvalue weighted by molar-refractivity contribution is 6.30. The van der Waals surface area contributed by atoms with Crippen LogP contribution in [0.1, 0.15) is 16.7 Å². The lowest BCUT2D eigenvalue weighted by atomic mass is 10.0. The molecular formula is C20H17ClN4O. The van der Waals surface area contributed by atoms with Crippen LogP contribution in [0, 0.1) is 13.8 Å². The molecule has 0 aliphatic rings. The Kier molecular flexibility index (Phi) is 4.09. The van der Waals surface area contributed by atoms with Gasteiger partial charge in [0.25, 0.3) is 0 Å². The summed E-state index contributed by atoms with van der Waals surface area (Å²) in [7, 11) is 0. The SMILES string of the molecule is Cc1ccc(-c2ccc3nn(Cc4cccc(Cl)c4)c(=O)n3n2)cc1C. The number of hydrogen-bond acceptors (Lipinski definition) is 3. The van der Waals surface area contributed by atoms with Crippen molar-refractivity contribution in [3.63, 3.8) is 0 Å². The third-order valence-corrected chi connectivity index (χ3v) is 4.70. The zero-order valence-electron chi connectivity index (χ0n) is 14.5. The Morgan fingerprint density at radius 1 is 0.962 bits per heavy atom. The Bertz CT molecular complexity index is 1180. The van der Waals surface area contributed by atoms with Crippen molar-refractivity contribution in [2.75, 3.05) is 0 Å². The van der Waals surface area contributed by atoms with Gasteiger partial charge in [-0.2, -0.15) is 9.61 Å². The number of benzene rings is 2. The van der Waals surface area contributed by atoms with Gasteiger partial charge in [-0.1, -0.05) is 35.9 Å². The predicted octanol–water partition coefficient (Wildman–Crippen LogP) is 3.88. The summed E-state index contributed by atoms with van der Waals surface area (Å²) >= 11 is 6.02. The van der Waals surface area contributed by atoms with Gasteiger partial charge in [-0.25, -0.2) is 9.48 Å². The van der Waals surface area contributed by atoms with Crippen molar-refractivity contribution < 1.29 is 0 Å². The fourth-order valence-corrected chi connectivity index (χ4v) is 3.09. The van der Waals surface area contributed by atoms with Crippen molar-refractivity contribution >= 4 is 17.2 Å². The summed E-state index contributed by atoms with van der Waals surface area (Å²) in [5, 5.41) is 9.49. The highest BCUT2D eigenvalue weighted by atomic mass is 35.5. The molecule has 0 atom stereocenters. The molecule has 0 saturated heterocycles. The summed E-state index contributed by atoms with van der Waals surface area (Å²) < 4.78 is 2.74. The maximum Gasteiger partial charge on any atom is 0.367 e. The quantitative estimate of drug-likeness (QED) is 0.554. The first kappa shape index (κ1) is 16.5. The number of hydrogen-bond donors (Lipinski definition) is 0. The summed E-state index contributed by atoms with van der Waals surface area (Å²) in [6, 6.07) is 17.2. The van der Waals surface area contributed by atoms with E-state index in [1.165, 1.54) is 20.3 Å². The van der Waals surface area contributed by atoms with Crippen molar-refractivity contribution in [2.24, 2.45) is 0 Å². The van der Waals surface area contributed by atoms with Crippen LogP contribution >= 0.6 is 11.6 Å². The van der Waals surface area contributed by atoms with Crippen LogP contribution in [0.4, 0.5) is 0 Å². The first-order valence-electron chi connectivity index (χ1n) is 8.30. The molecule has 4 rings (SSSR count). The molecule has 6 heteroatoms. The molecule has 0 amide bonds. The predicted molar refractivity (Wildman–Crippen MR) is 103 cm³/mol. The van der Waals surface area contributed by atoms with E-state index in [0.717, 1.165) is 16.8 Å². The fourth-order valence-electron chi connectivity index (χ4n) is 2.87. The van der Waals surface area contributed by atoms with Gasteiger partial charge in [0, 0.05) is 10.6 Å². The maximum atomic E-state index is 12.7. The molecule has 2 aromatic carbocycles. The fraction of sp³-hybridized carbons (Fsp3) is 0.150. The van der Waals surface area contributed by atoms with Crippen LogP contribution in [0.2, 0.25) is 5.02 Å². The first-order chi connectivity index (χ1) is 12.5. The van der Waals surface area contributed by atoms with Gasteiger partial charge in [0.15, 0.2) is 5.65 Å². The number of aryl methyl sites for hydroxylation is 2. The Hall–Kier alpha value is -2.92. The van der Waals surface area contributed by atoms with Gasteiger partial charge in [0.1, 0.15) is 0 Å². The van der Waals surface area contributed by atoms with Crippen molar-refractivity contribution in [3.05, 3.63) is 86.8 Å². The summed E-state index contributed by atoms with van der Waals surface area (Å²) in [5.41, 5.74) is 5.29. The topological polar surface area (TPSA) is 52.2 Å². The van der Waals surface area contributed by atoms with Gasteiger partial charge in [-0.15, -0.1) is 5.10 Å². The van der Waals surface area contributed by atoms with Crippen molar-refractivity contribution in [3.8, 4) is 11.3 Å². The normalized spacial score (nSPS) is 11.2. The lowest BCUT2D eigenvalue weighted by molar-refractivity contribution is 0.651. The zero-order chi connectivity index (χ0) is 18.3. The lowest BCUT2D eigenvalue weighted by Crippen LogP contribution is -2.23. The third-order valence-electron chi connectivity index (χ3n) is 4.46. The van der Waals surface area contributed by atoms with Crippen LogP contribution < -0.4 is 5.69 Å². The van der Waals surface area contributed by atoms with E-state index >= 15 is 0 Å². The number of fused-ring (bicyclic) bond motifs is 1. The second-order valence-electron chi connectivity index (χ2n) is 6.36. The van der Waals surface area contributed by atoms with Crippen LogP contribution in [0.3, 0.4) is 0 Å². The lowest BCUT2D eigenvalue weighted by Gasteiger charge is -2.04. The van der Waals surface area contributed by atoms with Crippen molar-refractivity contribution in [1.29, 1.82) is 0 Å². The largest absolute Gasteiger partial charge is 0.367 e. The van der Waals surface area contributed by atoms with Crippen LogP contribution in [0.5, 0.6) is 0 Å².